The molecule has 26 heavy (non-hydrogen) atoms. The molecule has 0 unspecified atom stereocenters. The topological polar surface area (TPSA) is 47.9 Å². The van der Waals surface area contributed by atoms with Crippen molar-refractivity contribution in [1.82, 2.24) is 15.1 Å². The lowest BCUT2D eigenvalue weighted by Crippen LogP contribution is -2.54. The minimum absolute atomic E-state index is 0. The van der Waals surface area contributed by atoms with Crippen molar-refractivity contribution in [1.29, 1.82) is 0 Å². The molecule has 0 aromatic heterocycles. The maximum Gasteiger partial charge on any atom is 0.227 e. The second-order valence-electron chi connectivity index (χ2n) is 6.81. The fourth-order valence-corrected chi connectivity index (χ4v) is 3.26. The highest BCUT2D eigenvalue weighted by atomic mass is 127. The van der Waals surface area contributed by atoms with Gasteiger partial charge in [0, 0.05) is 44.3 Å². The van der Waals surface area contributed by atoms with E-state index in [9.17, 15) is 4.79 Å². The molecule has 5 nitrogen and oxygen atoms in total. The van der Waals surface area contributed by atoms with Crippen LogP contribution in [0.25, 0.3) is 0 Å². The Balaban J connectivity index is 0.00000243. The molecular formula is C19H28ClIN4O. The molecule has 1 aliphatic carbocycles. The van der Waals surface area contributed by atoms with Crippen LogP contribution in [0.1, 0.15) is 25.3 Å². The number of aliphatic imine (C=N–C) groups is 1. The Morgan fingerprint density at radius 3 is 2.54 bits per heavy atom. The smallest absolute Gasteiger partial charge is 0.227 e. The maximum absolute atomic E-state index is 12.5. The van der Waals surface area contributed by atoms with Gasteiger partial charge in [-0.15, -0.1) is 24.0 Å². The molecule has 0 spiro atoms. The number of rotatable bonds is 5. The van der Waals surface area contributed by atoms with Gasteiger partial charge in [0.15, 0.2) is 5.96 Å². The molecule has 1 amide bonds. The Morgan fingerprint density at radius 1 is 1.23 bits per heavy atom. The Hall–Kier alpha value is -1.02. The van der Waals surface area contributed by atoms with Gasteiger partial charge in [-0.2, -0.15) is 0 Å². The van der Waals surface area contributed by atoms with Crippen LogP contribution in [0.5, 0.6) is 0 Å². The molecule has 1 N–H and O–H groups in total. The van der Waals surface area contributed by atoms with E-state index in [4.69, 9.17) is 16.6 Å². The number of hydrogen-bond acceptors (Lipinski definition) is 2. The number of halogens is 2. The van der Waals surface area contributed by atoms with Gasteiger partial charge in [-0.05, 0) is 43.4 Å². The second-order valence-corrected chi connectivity index (χ2v) is 7.25. The Kier molecular flexibility index (Phi) is 8.47. The monoisotopic (exact) mass is 490 g/mol. The number of nitrogens with zero attached hydrogens (tertiary/aromatic N) is 3. The van der Waals surface area contributed by atoms with Crippen molar-refractivity contribution in [2.75, 3.05) is 39.3 Å². The van der Waals surface area contributed by atoms with Crippen LogP contribution in [-0.4, -0.2) is 60.9 Å². The number of guanidine groups is 1. The Morgan fingerprint density at radius 2 is 1.92 bits per heavy atom. The molecule has 0 bridgehead atoms. The summed E-state index contributed by atoms with van der Waals surface area (Å²) in [4.78, 5) is 21.5. The summed E-state index contributed by atoms with van der Waals surface area (Å²) in [6.45, 7) is 7.04. The average Bonchev–Trinajstić information content (AvgIpc) is 3.43. The summed E-state index contributed by atoms with van der Waals surface area (Å²) in [6, 6.07) is 7.54. The molecule has 2 aliphatic rings. The molecule has 1 saturated carbocycles. The summed E-state index contributed by atoms with van der Waals surface area (Å²) >= 11 is 6.00. The number of nitrogens with one attached hydrogen (secondary N) is 1. The standard InChI is InChI=1S/C19H27ClN4O.HI/c1-2-21-19(22-14-15-6-7-15)24-10-8-23(9-11-24)18(25)13-16-4-3-5-17(20)12-16;/h3-5,12,15H,2,6-11,13-14H2,1H3,(H,21,22);1H. The number of benzene rings is 1. The van der Waals surface area contributed by atoms with Gasteiger partial charge in [-0.3, -0.25) is 9.79 Å². The number of carbonyl (C=O) groups excluding carboxylic acids is 1. The molecule has 1 aromatic rings. The molecule has 1 aliphatic heterocycles. The van der Waals surface area contributed by atoms with Crippen LogP contribution < -0.4 is 5.32 Å². The molecule has 1 aromatic carbocycles. The van der Waals surface area contributed by atoms with Crippen molar-refractivity contribution >= 4 is 47.4 Å². The lowest BCUT2D eigenvalue weighted by Gasteiger charge is -2.36. The fourth-order valence-electron chi connectivity index (χ4n) is 3.04. The van der Waals surface area contributed by atoms with E-state index < -0.39 is 0 Å². The zero-order chi connectivity index (χ0) is 17.6. The van der Waals surface area contributed by atoms with Crippen molar-refractivity contribution in [2.24, 2.45) is 10.9 Å². The van der Waals surface area contributed by atoms with Crippen LogP contribution in [0.15, 0.2) is 29.3 Å². The number of carbonyl (C=O) groups is 1. The first-order chi connectivity index (χ1) is 12.2. The van der Waals surface area contributed by atoms with Gasteiger partial charge in [0.2, 0.25) is 5.91 Å². The lowest BCUT2D eigenvalue weighted by atomic mass is 10.1. The maximum atomic E-state index is 12.5. The molecule has 1 saturated heterocycles. The zero-order valence-electron chi connectivity index (χ0n) is 15.3. The van der Waals surface area contributed by atoms with Gasteiger partial charge < -0.3 is 15.1 Å². The SMILES string of the molecule is CCNC(=NCC1CC1)N1CCN(C(=O)Cc2cccc(Cl)c2)CC1.I. The Bertz CT molecular complexity index is 628. The van der Waals surface area contributed by atoms with Crippen LogP contribution in [0.3, 0.4) is 0 Å². The highest BCUT2D eigenvalue weighted by Crippen LogP contribution is 2.28. The summed E-state index contributed by atoms with van der Waals surface area (Å²) in [7, 11) is 0. The van der Waals surface area contributed by atoms with Crippen molar-refractivity contribution in [3.63, 3.8) is 0 Å². The molecule has 7 heteroatoms. The first-order valence-corrected chi connectivity index (χ1v) is 9.59. The minimum Gasteiger partial charge on any atom is -0.357 e. The van der Waals surface area contributed by atoms with Crippen molar-refractivity contribution in [2.45, 2.75) is 26.2 Å². The quantitative estimate of drug-likeness (QED) is 0.392. The first-order valence-electron chi connectivity index (χ1n) is 9.21. The van der Waals surface area contributed by atoms with E-state index in [-0.39, 0.29) is 29.9 Å². The molecule has 0 atom stereocenters. The van der Waals surface area contributed by atoms with E-state index in [1.807, 2.05) is 29.2 Å². The zero-order valence-corrected chi connectivity index (χ0v) is 18.4. The van der Waals surface area contributed by atoms with Crippen LogP contribution in [0.2, 0.25) is 5.02 Å². The van der Waals surface area contributed by atoms with Crippen LogP contribution in [0, 0.1) is 5.92 Å². The summed E-state index contributed by atoms with van der Waals surface area (Å²) in [5.41, 5.74) is 0.972. The summed E-state index contributed by atoms with van der Waals surface area (Å²) < 4.78 is 0. The number of hydrogen-bond donors (Lipinski definition) is 1. The molecule has 3 rings (SSSR count). The Labute approximate surface area is 178 Å². The van der Waals surface area contributed by atoms with E-state index in [1.54, 1.807) is 0 Å². The summed E-state index contributed by atoms with van der Waals surface area (Å²) in [5.74, 6) is 1.95. The first kappa shape index (κ1) is 21.3. The summed E-state index contributed by atoms with van der Waals surface area (Å²) in [5, 5.41) is 4.06. The van der Waals surface area contributed by atoms with E-state index >= 15 is 0 Å². The van der Waals surface area contributed by atoms with Crippen LogP contribution >= 0.6 is 35.6 Å². The predicted molar refractivity (Wildman–Crippen MR) is 117 cm³/mol. The van der Waals surface area contributed by atoms with Gasteiger partial charge in [0.05, 0.1) is 6.42 Å². The largest absolute Gasteiger partial charge is 0.357 e. The van der Waals surface area contributed by atoms with E-state index in [0.717, 1.165) is 56.7 Å². The lowest BCUT2D eigenvalue weighted by molar-refractivity contribution is -0.131. The van der Waals surface area contributed by atoms with Crippen molar-refractivity contribution in [3.8, 4) is 0 Å². The molecule has 1 heterocycles. The highest BCUT2D eigenvalue weighted by Gasteiger charge is 2.25. The van der Waals surface area contributed by atoms with Gasteiger partial charge in [-0.25, -0.2) is 0 Å². The van der Waals surface area contributed by atoms with Gasteiger partial charge in [-0.1, -0.05) is 23.7 Å². The van der Waals surface area contributed by atoms with Crippen LogP contribution in [-0.2, 0) is 11.2 Å². The third-order valence-corrected chi connectivity index (χ3v) is 4.94. The van der Waals surface area contributed by atoms with Gasteiger partial charge >= 0.3 is 0 Å². The molecular weight excluding hydrogens is 463 g/mol. The number of piperazine rings is 1. The molecule has 144 valence electrons. The van der Waals surface area contributed by atoms with E-state index in [1.165, 1.54) is 12.8 Å². The van der Waals surface area contributed by atoms with Crippen molar-refractivity contribution < 1.29 is 4.79 Å². The van der Waals surface area contributed by atoms with E-state index in [0.29, 0.717) is 11.4 Å². The van der Waals surface area contributed by atoms with Gasteiger partial charge in [0.1, 0.15) is 0 Å². The predicted octanol–water partition coefficient (Wildman–Crippen LogP) is 3.02. The number of amides is 1. The fraction of sp³-hybridized carbons (Fsp3) is 0.579. The van der Waals surface area contributed by atoms with E-state index in [2.05, 4.69) is 17.1 Å². The average molecular weight is 491 g/mol. The third kappa shape index (κ3) is 6.30. The van der Waals surface area contributed by atoms with Gasteiger partial charge in [0.25, 0.3) is 0 Å². The molecule has 2 fully saturated rings. The second kappa shape index (κ2) is 10.3. The highest BCUT2D eigenvalue weighted by molar-refractivity contribution is 14.0. The summed E-state index contributed by atoms with van der Waals surface area (Å²) in [6.07, 6.45) is 3.04. The van der Waals surface area contributed by atoms with Crippen LogP contribution in [0.4, 0.5) is 0 Å². The third-order valence-electron chi connectivity index (χ3n) is 4.71. The minimum atomic E-state index is 0. The van der Waals surface area contributed by atoms with Crippen molar-refractivity contribution in [3.05, 3.63) is 34.9 Å². The molecule has 0 radical (unpaired) electrons. The normalized spacial score (nSPS) is 17.7.